The number of hydrogen-bond donors (Lipinski definition) is 1. The molecule has 0 aliphatic heterocycles. The molecule has 0 spiro atoms. The summed E-state index contributed by atoms with van der Waals surface area (Å²) in [6, 6.07) is 0.525. The molecule has 0 aromatic carbocycles. The van der Waals surface area contributed by atoms with Gasteiger partial charge >= 0.3 is 0 Å². The van der Waals surface area contributed by atoms with Gasteiger partial charge in [-0.25, -0.2) is 0 Å². The SMILES string of the molecule is CCCCCNCC(C)N(CCOC)CCOC. The molecule has 0 saturated heterocycles. The standard InChI is InChI=1S/C14H32N2O2/c1-5-6-7-8-15-13-14(2)16(9-11-17-3)10-12-18-4/h14-15H,5-13H2,1-4H3. The first kappa shape index (κ1) is 17.8. The largest absolute Gasteiger partial charge is 0.383 e. The molecule has 0 heterocycles. The van der Waals surface area contributed by atoms with Gasteiger partial charge in [0.2, 0.25) is 0 Å². The van der Waals surface area contributed by atoms with Crippen LogP contribution in [0.2, 0.25) is 0 Å². The van der Waals surface area contributed by atoms with Crippen LogP contribution in [-0.4, -0.2) is 64.6 Å². The number of unbranched alkanes of at least 4 members (excludes halogenated alkanes) is 2. The Bertz CT molecular complexity index is 160. The Morgan fingerprint density at radius 2 is 1.67 bits per heavy atom. The van der Waals surface area contributed by atoms with Gasteiger partial charge in [-0.3, -0.25) is 4.90 Å². The Balaban J connectivity index is 3.76. The third-order valence-electron chi connectivity index (χ3n) is 3.19. The van der Waals surface area contributed by atoms with Crippen molar-refractivity contribution in [1.29, 1.82) is 0 Å². The van der Waals surface area contributed by atoms with E-state index < -0.39 is 0 Å². The van der Waals surface area contributed by atoms with E-state index in [-0.39, 0.29) is 0 Å². The highest BCUT2D eigenvalue weighted by atomic mass is 16.5. The molecular weight excluding hydrogens is 228 g/mol. The van der Waals surface area contributed by atoms with Crippen LogP contribution in [0.1, 0.15) is 33.1 Å². The highest BCUT2D eigenvalue weighted by Gasteiger charge is 2.12. The van der Waals surface area contributed by atoms with E-state index in [2.05, 4.69) is 24.1 Å². The molecule has 1 N–H and O–H groups in total. The van der Waals surface area contributed by atoms with E-state index in [0.717, 1.165) is 39.4 Å². The van der Waals surface area contributed by atoms with Crippen LogP contribution < -0.4 is 5.32 Å². The van der Waals surface area contributed by atoms with Crippen molar-refractivity contribution in [2.24, 2.45) is 0 Å². The second kappa shape index (κ2) is 13.3. The summed E-state index contributed by atoms with van der Waals surface area (Å²) in [6.07, 6.45) is 3.88. The van der Waals surface area contributed by atoms with E-state index in [1.54, 1.807) is 14.2 Å². The van der Waals surface area contributed by atoms with E-state index in [1.165, 1.54) is 19.3 Å². The maximum absolute atomic E-state index is 5.16. The third kappa shape index (κ3) is 9.83. The highest BCUT2D eigenvalue weighted by Crippen LogP contribution is 1.99. The third-order valence-corrected chi connectivity index (χ3v) is 3.19. The van der Waals surface area contributed by atoms with Gasteiger partial charge in [-0.05, 0) is 19.9 Å². The fraction of sp³-hybridized carbons (Fsp3) is 1.00. The topological polar surface area (TPSA) is 33.7 Å². The quantitative estimate of drug-likeness (QED) is 0.512. The zero-order chi connectivity index (χ0) is 13.6. The van der Waals surface area contributed by atoms with Crippen LogP contribution in [-0.2, 0) is 9.47 Å². The van der Waals surface area contributed by atoms with Gasteiger partial charge in [-0.1, -0.05) is 19.8 Å². The minimum atomic E-state index is 0.525. The average molecular weight is 260 g/mol. The Morgan fingerprint density at radius 1 is 1.06 bits per heavy atom. The summed E-state index contributed by atoms with van der Waals surface area (Å²) < 4.78 is 10.3. The molecule has 1 unspecified atom stereocenters. The molecule has 0 fully saturated rings. The van der Waals surface area contributed by atoms with Crippen LogP contribution in [0.15, 0.2) is 0 Å². The average Bonchev–Trinajstić information content (AvgIpc) is 2.38. The van der Waals surface area contributed by atoms with Gasteiger partial charge in [0.1, 0.15) is 0 Å². The number of rotatable bonds is 13. The van der Waals surface area contributed by atoms with Crippen molar-refractivity contribution in [2.75, 3.05) is 53.6 Å². The first-order valence-electron chi connectivity index (χ1n) is 7.18. The van der Waals surface area contributed by atoms with Crippen molar-refractivity contribution in [3.8, 4) is 0 Å². The number of ether oxygens (including phenoxy) is 2. The summed E-state index contributed by atoms with van der Waals surface area (Å²) in [5.41, 5.74) is 0. The van der Waals surface area contributed by atoms with Gasteiger partial charge in [0.15, 0.2) is 0 Å². The number of hydrogen-bond acceptors (Lipinski definition) is 4. The molecule has 0 aromatic heterocycles. The van der Waals surface area contributed by atoms with Crippen molar-refractivity contribution < 1.29 is 9.47 Å². The smallest absolute Gasteiger partial charge is 0.0589 e. The highest BCUT2D eigenvalue weighted by molar-refractivity contribution is 4.69. The molecular formula is C14H32N2O2. The lowest BCUT2D eigenvalue weighted by Crippen LogP contribution is -2.43. The Hall–Kier alpha value is -0.160. The van der Waals surface area contributed by atoms with Crippen molar-refractivity contribution in [1.82, 2.24) is 10.2 Å². The van der Waals surface area contributed by atoms with E-state index in [1.807, 2.05) is 0 Å². The minimum absolute atomic E-state index is 0.525. The zero-order valence-electron chi connectivity index (χ0n) is 12.7. The minimum Gasteiger partial charge on any atom is -0.383 e. The van der Waals surface area contributed by atoms with Crippen LogP contribution in [0.4, 0.5) is 0 Å². The lowest BCUT2D eigenvalue weighted by atomic mass is 10.2. The van der Waals surface area contributed by atoms with Gasteiger partial charge in [0, 0.05) is 39.9 Å². The molecule has 1 atom stereocenters. The molecule has 0 rings (SSSR count). The summed E-state index contributed by atoms with van der Waals surface area (Å²) in [5, 5.41) is 3.53. The van der Waals surface area contributed by atoms with Gasteiger partial charge in [0.05, 0.1) is 13.2 Å². The van der Waals surface area contributed by atoms with Crippen LogP contribution in [0.3, 0.4) is 0 Å². The first-order chi connectivity index (χ1) is 8.76. The van der Waals surface area contributed by atoms with Gasteiger partial charge in [-0.15, -0.1) is 0 Å². The van der Waals surface area contributed by atoms with Crippen LogP contribution >= 0.6 is 0 Å². The molecule has 0 aromatic rings. The fourth-order valence-corrected chi connectivity index (χ4v) is 1.91. The number of nitrogens with zero attached hydrogens (tertiary/aromatic N) is 1. The predicted octanol–water partition coefficient (Wildman–Crippen LogP) is 1.75. The van der Waals surface area contributed by atoms with Crippen LogP contribution in [0.5, 0.6) is 0 Å². The lowest BCUT2D eigenvalue weighted by molar-refractivity contribution is 0.0916. The van der Waals surface area contributed by atoms with Gasteiger partial charge < -0.3 is 14.8 Å². The molecule has 4 nitrogen and oxygen atoms in total. The molecule has 0 aliphatic rings. The number of nitrogens with one attached hydrogen (secondary N) is 1. The Kier molecular flexibility index (Phi) is 13.2. The molecule has 0 saturated carbocycles. The first-order valence-corrected chi connectivity index (χ1v) is 7.18. The second-order valence-corrected chi connectivity index (χ2v) is 4.78. The van der Waals surface area contributed by atoms with E-state index >= 15 is 0 Å². The normalized spacial score (nSPS) is 13.2. The van der Waals surface area contributed by atoms with Gasteiger partial charge in [-0.2, -0.15) is 0 Å². The van der Waals surface area contributed by atoms with Crippen molar-refractivity contribution >= 4 is 0 Å². The lowest BCUT2D eigenvalue weighted by Gasteiger charge is -2.28. The van der Waals surface area contributed by atoms with Crippen LogP contribution in [0.25, 0.3) is 0 Å². The van der Waals surface area contributed by atoms with Crippen molar-refractivity contribution in [3.63, 3.8) is 0 Å². The molecule has 110 valence electrons. The fourth-order valence-electron chi connectivity index (χ4n) is 1.91. The second-order valence-electron chi connectivity index (χ2n) is 4.78. The number of methoxy groups -OCH3 is 2. The van der Waals surface area contributed by atoms with Crippen molar-refractivity contribution in [3.05, 3.63) is 0 Å². The summed E-state index contributed by atoms with van der Waals surface area (Å²) in [5.74, 6) is 0. The predicted molar refractivity (Wildman–Crippen MR) is 77.2 cm³/mol. The molecule has 0 radical (unpaired) electrons. The Morgan fingerprint density at radius 3 is 2.17 bits per heavy atom. The van der Waals surface area contributed by atoms with E-state index in [4.69, 9.17) is 9.47 Å². The summed E-state index contributed by atoms with van der Waals surface area (Å²) in [4.78, 5) is 2.42. The molecule has 18 heavy (non-hydrogen) atoms. The summed E-state index contributed by atoms with van der Waals surface area (Å²) in [7, 11) is 3.50. The van der Waals surface area contributed by atoms with E-state index in [9.17, 15) is 0 Å². The molecule has 4 heteroatoms. The Labute approximate surface area is 113 Å². The molecule has 0 aliphatic carbocycles. The maximum atomic E-state index is 5.16. The van der Waals surface area contributed by atoms with E-state index in [0.29, 0.717) is 6.04 Å². The molecule has 0 bridgehead atoms. The zero-order valence-corrected chi connectivity index (χ0v) is 12.7. The van der Waals surface area contributed by atoms with Gasteiger partial charge in [0.25, 0.3) is 0 Å². The monoisotopic (exact) mass is 260 g/mol. The molecule has 0 amide bonds. The summed E-state index contributed by atoms with van der Waals surface area (Å²) >= 11 is 0. The maximum Gasteiger partial charge on any atom is 0.0589 e. The van der Waals surface area contributed by atoms with Crippen molar-refractivity contribution in [2.45, 2.75) is 39.2 Å². The van der Waals surface area contributed by atoms with Crippen LogP contribution in [0, 0.1) is 0 Å². The summed E-state index contributed by atoms with van der Waals surface area (Å²) in [6.45, 7) is 10.2.